The van der Waals surface area contributed by atoms with Crippen LogP contribution >= 0.6 is 0 Å². The van der Waals surface area contributed by atoms with E-state index in [0.717, 1.165) is 45.1 Å². The van der Waals surface area contributed by atoms with Gasteiger partial charge in [-0.3, -0.25) is 4.90 Å². The summed E-state index contributed by atoms with van der Waals surface area (Å²) < 4.78 is 11.7. The SMILES string of the molecule is CCN(CCOc1ccccc1CNC)CC1CCCO1. The minimum absolute atomic E-state index is 0.418. The molecule has 1 aromatic rings. The van der Waals surface area contributed by atoms with Crippen molar-refractivity contribution in [3.8, 4) is 5.75 Å². The van der Waals surface area contributed by atoms with Gasteiger partial charge in [-0.1, -0.05) is 25.1 Å². The molecule has 118 valence electrons. The molecule has 2 rings (SSSR count). The molecule has 1 N–H and O–H groups in total. The van der Waals surface area contributed by atoms with Crippen LogP contribution in [0, 0.1) is 0 Å². The molecule has 1 aliphatic heterocycles. The number of rotatable bonds is 9. The lowest BCUT2D eigenvalue weighted by Gasteiger charge is -2.23. The Balaban J connectivity index is 1.76. The highest BCUT2D eigenvalue weighted by Crippen LogP contribution is 2.18. The van der Waals surface area contributed by atoms with E-state index < -0.39 is 0 Å². The Labute approximate surface area is 128 Å². The van der Waals surface area contributed by atoms with E-state index in [1.807, 2.05) is 19.2 Å². The van der Waals surface area contributed by atoms with Crippen molar-refractivity contribution in [1.29, 1.82) is 0 Å². The molecule has 1 heterocycles. The Hall–Kier alpha value is -1.10. The van der Waals surface area contributed by atoms with E-state index in [2.05, 4.69) is 29.3 Å². The van der Waals surface area contributed by atoms with Gasteiger partial charge < -0.3 is 14.8 Å². The zero-order valence-electron chi connectivity index (χ0n) is 13.3. The number of para-hydroxylation sites is 1. The predicted octanol–water partition coefficient (Wildman–Crippen LogP) is 2.29. The van der Waals surface area contributed by atoms with Gasteiger partial charge in [-0.15, -0.1) is 0 Å². The molecule has 1 fully saturated rings. The van der Waals surface area contributed by atoms with Gasteiger partial charge in [-0.05, 0) is 32.5 Å². The van der Waals surface area contributed by atoms with Crippen molar-refractivity contribution in [3.05, 3.63) is 29.8 Å². The zero-order valence-corrected chi connectivity index (χ0v) is 13.3. The van der Waals surface area contributed by atoms with E-state index in [4.69, 9.17) is 9.47 Å². The highest BCUT2D eigenvalue weighted by atomic mass is 16.5. The molecule has 1 atom stereocenters. The van der Waals surface area contributed by atoms with Crippen LogP contribution in [0.4, 0.5) is 0 Å². The molecule has 0 radical (unpaired) electrons. The molecular formula is C17H28N2O2. The summed E-state index contributed by atoms with van der Waals surface area (Å²) in [5, 5.41) is 3.18. The summed E-state index contributed by atoms with van der Waals surface area (Å²) in [6.45, 7) is 7.70. The van der Waals surface area contributed by atoms with E-state index in [9.17, 15) is 0 Å². The molecule has 0 bridgehead atoms. The second-order valence-corrected chi connectivity index (χ2v) is 5.51. The Morgan fingerprint density at radius 3 is 2.95 bits per heavy atom. The average molecular weight is 292 g/mol. The Morgan fingerprint density at radius 2 is 2.24 bits per heavy atom. The van der Waals surface area contributed by atoms with Crippen LogP contribution in [-0.4, -0.2) is 50.9 Å². The standard InChI is InChI=1S/C17H28N2O2/c1-3-19(14-16-8-6-11-20-16)10-12-21-17-9-5-4-7-15(17)13-18-2/h4-5,7,9,16,18H,3,6,8,10-14H2,1-2H3. The Kier molecular flexibility index (Phi) is 7.00. The van der Waals surface area contributed by atoms with Gasteiger partial charge in [0.05, 0.1) is 6.10 Å². The first kappa shape index (κ1) is 16.3. The maximum atomic E-state index is 5.96. The largest absolute Gasteiger partial charge is 0.492 e. The van der Waals surface area contributed by atoms with Gasteiger partial charge in [0.1, 0.15) is 12.4 Å². The van der Waals surface area contributed by atoms with Gasteiger partial charge >= 0.3 is 0 Å². The number of hydrogen-bond acceptors (Lipinski definition) is 4. The monoisotopic (exact) mass is 292 g/mol. The summed E-state index contributed by atoms with van der Waals surface area (Å²) in [6, 6.07) is 8.23. The lowest BCUT2D eigenvalue weighted by atomic mass is 10.2. The summed E-state index contributed by atoms with van der Waals surface area (Å²) >= 11 is 0. The van der Waals surface area contributed by atoms with Crippen molar-refractivity contribution in [3.63, 3.8) is 0 Å². The van der Waals surface area contributed by atoms with E-state index >= 15 is 0 Å². The van der Waals surface area contributed by atoms with Crippen molar-refractivity contribution >= 4 is 0 Å². The van der Waals surface area contributed by atoms with E-state index in [-0.39, 0.29) is 0 Å². The number of ether oxygens (including phenoxy) is 2. The maximum absolute atomic E-state index is 5.96. The molecule has 21 heavy (non-hydrogen) atoms. The van der Waals surface area contributed by atoms with Crippen molar-refractivity contribution in [2.75, 3.05) is 39.9 Å². The van der Waals surface area contributed by atoms with Gasteiger partial charge in [0.25, 0.3) is 0 Å². The topological polar surface area (TPSA) is 33.7 Å². The second kappa shape index (κ2) is 9.03. The zero-order chi connectivity index (χ0) is 14.9. The molecule has 1 aliphatic rings. The maximum Gasteiger partial charge on any atom is 0.123 e. The third kappa shape index (κ3) is 5.30. The number of benzene rings is 1. The summed E-state index contributed by atoms with van der Waals surface area (Å²) in [6.07, 6.45) is 2.82. The fourth-order valence-electron chi connectivity index (χ4n) is 2.72. The number of nitrogens with zero attached hydrogens (tertiary/aromatic N) is 1. The lowest BCUT2D eigenvalue weighted by Crippen LogP contribution is -2.35. The van der Waals surface area contributed by atoms with E-state index in [1.165, 1.54) is 18.4 Å². The summed E-state index contributed by atoms with van der Waals surface area (Å²) in [5.74, 6) is 0.986. The molecule has 4 nitrogen and oxygen atoms in total. The molecule has 1 unspecified atom stereocenters. The molecule has 0 aliphatic carbocycles. The predicted molar refractivity (Wildman–Crippen MR) is 85.8 cm³/mol. The Morgan fingerprint density at radius 1 is 1.38 bits per heavy atom. The molecular weight excluding hydrogens is 264 g/mol. The second-order valence-electron chi connectivity index (χ2n) is 5.51. The smallest absolute Gasteiger partial charge is 0.123 e. The lowest BCUT2D eigenvalue weighted by molar-refractivity contribution is 0.0700. The van der Waals surface area contributed by atoms with Crippen LogP contribution in [0.5, 0.6) is 5.75 Å². The van der Waals surface area contributed by atoms with Gasteiger partial charge in [0.2, 0.25) is 0 Å². The average Bonchev–Trinajstić information content (AvgIpc) is 3.01. The molecule has 1 aromatic carbocycles. The molecule has 0 aromatic heterocycles. The molecule has 0 spiro atoms. The molecule has 1 saturated heterocycles. The van der Waals surface area contributed by atoms with Crippen LogP contribution in [0.1, 0.15) is 25.3 Å². The van der Waals surface area contributed by atoms with Crippen molar-refractivity contribution < 1.29 is 9.47 Å². The van der Waals surface area contributed by atoms with Crippen LogP contribution in [-0.2, 0) is 11.3 Å². The quantitative estimate of drug-likeness (QED) is 0.757. The van der Waals surface area contributed by atoms with Crippen LogP contribution < -0.4 is 10.1 Å². The molecule has 0 amide bonds. The van der Waals surface area contributed by atoms with Crippen LogP contribution in [0.15, 0.2) is 24.3 Å². The van der Waals surface area contributed by atoms with E-state index in [0.29, 0.717) is 6.10 Å². The summed E-state index contributed by atoms with van der Waals surface area (Å²) in [5.41, 5.74) is 1.21. The van der Waals surface area contributed by atoms with E-state index in [1.54, 1.807) is 0 Å². The van der Waals surface area contributed by atoms with Gasteiger partial charge in [-0.2, -0.15) is 0 Å². The van der Waals surface area contributed by atoms with Crippen LogP contribution in [0.25, 0.3) is 0 Å². The van der Waals surface area contributed by atoms with Gasteiger partial charge in [-0.25, -0.2) is 0 Å². The highest BCUT2D eigenvalue weighted by Gasteiger charge is 2.18. The highest BCUT2D eigenvalue weighted by molar-refractivity contribution is 5.33. The summed E-state index contributed by atoms with van der Waals surface area (Å²) in [4.78, 5) is 2.41. The number of nitrogens with one attached hydrogen (secondary N) is 1. The van der Waals surface area contributed by atoms with Gasteiger partial charge in [0.15, 0.2) is 0 Å². The summed E-state index contributed by atoms with van der Waals surface area (Å²) in [7, 11) is 1.96. The first-order chi connectivity index (χ1) is 10.3. The van der Waals surface area contributed by atoms with Crippen molar-refractivity contribution in [1.82, 2.24) is 10.2 Å². The van der Waals surface area contributed by atoms with Crippen molar-refractivity contribution in [2.24, 2.45) is 0 Å². The van der Waals surface area contributed by atoms with Crippen LogP contribution in [0.3, 0.4) is 0 Å². The first-order valence-corrected chi connectivity index (χ1v) is 8.02. The van der Waals surface area contributed by atoms with Crippen LogP contribution in [0.2, 0.25) is 0 Å². The minimum Gasteiger partial charge on any atom is -0.492 e. The number of hydrogen-bond donors (Lipinski definition) is 1. The van der Waals surface area contributed by atoms with Crippen molar-refractivity contribution in [2.45, 2.75) is 32.4 Å². The molecule has 4 heteroatoms. The first-order valence-electron chi connectivity index (χ1n) is 8.02. The third-order valence-corrected chi connectivity index (χ3v) is 3.94. The fourth-order valence-corrected chi connectivity index (χ4v) is 2.72. The third-order valence-electron chi connectivity index (χ3n) is 3.94. The Bertz CT molecular complexity index is 406. The minimum atomic E-state index is 0.418. The normalized spacial score (nSPS) is 18.3. The fraction of sp³-hybridized carbons (Fsp3) is 0.647. The van der Waals surface area contributed by atoms with Gasteiger partial charge in [0, 0.05) is 31.8 Å². The molecule has 0 saturated carbocycles. The number of likely N-dealkylation sites (N-methyl/N-ethyl adjacent to an activating group) is 1.